The molecule has 0 aliphatic heterocycles. The van der Waals surface area contributed by atoms with Gasteiger partial charge in [0.05, 0.1) is 17.4 Å². The summed E-state index contributed by atoms with van der Waals surface area (Å²) in [6, 6.07) is 0. The van der Waals surface area contributed by atoms with E-state index in [9.17, 15) is 0 Å². The molecule has 0 saturated heterocycles. The lowest BCUT2D eigenvalue weighted by atomic mass is 10.5. The van der Waals surface area contributed by atoms with Crippen molar-refractivity contribution in [2.75, 3.05) is 31.1 Å². The maximum absolute atomic E-state index is 5.73. The quantitative estimate of drug-likeness (QED) is 0.751. The Bertz CT molecular complexity index is 275. The van der Waals surface area contributed by atoms with Crippen LogP contribution in [0, 0.1) is 0 Å². The third kappa shape index (κ3) is 4.01. The Kier molecular flexibility index (Phi) is 5.36. The summed E-state index contributed by atoms with van der Waals surface area (Å²) >= 11 is 5.73. The zero-order valence-electron chi connectivity index (χ0n) is 9.20. The van der Waals surface area contributed by atoms with Gasteiger partial charge < -0.3 is 10.2 Å². The highest BCUT2D eigenvalue weighted by atomic mass is 35.5. The number of hydrogen-bond acceptors (Lipinski definition) is 4. The monoisotopic (exact) mass is 228 g/mol. The molecule has 5 heteroatoms. The zero-order chi connectivity index (χ0) is 11.1. The van der Waals surface area contributed by atoms with Crippen molar-refractivity contribution in [1.82, 2.24) is 15.3 Å². The van der Waals surface area contributed by atoms with Crippen LogP contribution in [0.4, 0.5) is 5.95 Å². The summed E-state index contributed by atoms with van der Waals surface area (Å²) in [5.74, 6) is 0.736. The van der Waals surface area contributed by atoms with Gasteiger partial charge >= 0.3 is 0 Å². The molecular weight excluding hydrogens is 212 g/mol. The molecule has 1 rings (SSSR count). The second kappa shape index (κ2) is 6.58. The Morgan fingerprint density at radius 1 is 1.33 bits per heavy atom. The lowest BCUT2D eigenvalue weighted by Gasteiger charge is -2.20. The molecular formula is C10H17ClN4. The Balaban J connectivity index is 2.53. The highest BCUT2D eigenvalue weighted by Gasteiger charge is 2.05. The first kappa shape index (κ1) is 12.2. The molecule has 4 nitrogen and oxygen atoms in total. The maximum atomic E-state index is 5.73. The molecule has 0 bridgehead atoms. The van der Waals surface area contributed by atoms with E-state index < -0.39 is 0 Å². The third-order valence-corrected chi connectivity index (χ3v) is 2.27. The molecule has 0 aliphatic carbocycles. The fourth-order valence-electron chi connectivity index (χ4n) is 1.26. The van der Waals surface area contributed by atoms with E-state index in [-0.39, 0.29) is 0 Å². The number of nitrogens with zero attached hydrogens (tertiary/aromatic N) is 3. The molecule has 15 heavy (non-hydrogen) atoms. The van der Waals surface area contributed by atoms with Crippen molar-refractivity contribution in [3.63, 3.8) is 0 Å². The minimum atomic E-state index is 0.571. The Morgan fingerprint density at radius 2 is 2.00 bits per heavy atom. The Morgan fingerprint density at radius 3 is 2.53 bits per heavy atom. The molecule has 0 aromatic carbocycles. The number of rotatable bonds is 6. The Labute approximate surface area is 95.7 Å². The van der Waals surface area contributed by atoms with Gasteiger partial charge in [-0.15, -0.1) is 0 Å². The van der Waals surface area contributed by atoms with E-state index in [1.807, 2.05) is 0 Å². The molecule has 0 unspecified atom stereocenters. The number of hydrogen-bond donors (Lipinski definition) is 1. The fourth-order valence-corrected chi connectivity index (χ4v) is 1.36. The summed E-state index contributed by atoms with van der Waals surface area (Å²) in [6.07, 6.45) is 3.25. The van der Waals surface area contributed by atoms with E-state index in [0.29, 0.717) is 5.02 Å². The minimum Gasteiger partial charge on any atom is -0.340 e. The highest BCUT2D eigenvalue weighted by molar-refractivity contribution is 6.30. The van der Waals surface area contributed by atoms with Crippen molar-refractivity contribution in [2.24, 2.45) is 0 Å². The molecule has 1 aromatic heterocycles. The van der Waals surface area contributed by atoms with Crippen LogP contribution in [-0.4, -0.2) is 36.1 Å². The largest absolute Gasteiger partial charge is 0.340 e. The topological polar surface area (TPSA) is 41.0 Å². The molecule has 0 atom stereocenters. The predicted molar refractivity (Wildman–Crippen MR) is 63.5 cm³/mol. The lowest BCUT2D eigenvalue weighted by molar-refractivity contribution is 0.678. The van der Waals surface area contributed by atoms with Crippen molar-refractivity contribution in [3.05, 3.63) is 17.4 Å². The summed E-state index contributed by atoms with van der Waals surface area (Å²) < 4.78 is 0. The van der Waals surface area contributed by atoms with Gasteiger partial charge in [-0.1, -0.05) is 18.5 Å². The second-order valence-corrected chi connectivity index (χ2v) is 3.57. The summed E-state index contributed by atoms with van der Waals surface area (Å²) in [7, 11) is 0. The summed E-state index contributed by atoms with van der Waals surface area (Å²) in [5.41, 5.74) is 0. The SMILES string of the molecule is CCNCCN(CC)c1ncc(Cl)cn1. The van der Waals surface area contributed by atoms with Crippen LogP contribution in [0.15, 0.2) is 12.4 Å². The van der Waals surface area contributed by atoms with Crippen molar-refractivity contribution >= 4 is 17.5 Å². The van der Waals surface area contributed by atoms with Crippen LogP contribution in [0.3, 0.4) is 0 Å². The molecule has 1 aromatic rings. The van der Waals surface area contributed by atoms with E-state index in [0.717, 1.165) is 32.1 Å². The van der Waals surface area contributed by atoms with Crippen LogP contribution in [-0.2, 0) is 0 Å². The van der Waals surface area contributed by atoms with Crippen molar-refractivity contribution in [2.45, 2.75) is 13.8 Å². The summed E-state index contributed by atoms with van der Waals surface area (Å²) in [4.78, 5) is 10.5. The molecule has 0 fully saturated rings. The molecule has 0 spiro atoms. The van der Waals surface area contributed by atoms with Gasteiger partial charge in [0.25, 0.3) is 0 Å². The van der Waals surface area contributed by atoms with Gasteiger partial charge in [-0.25, -0.2) is 9.97 Å². The highest BCUT2D eigenvalue weighted by Crippen LogP contribution is 2.09. The first-order valence-electron chi connectivity index (χ1n) is 5.21. The molecule has 0 amide bonds. The molecule has 0 radical (unpaired) electrons. The van der Waals surface area contributed by atoms with Crippen molar-refractivity contribution in [3.8, 4) is 0 Å². The van der Waals surface area contributed by atoms with Crippen molar-refractivity contribution < 1.29 is 0 Å². The van der Waals surface area contributed by atoms with Crippen molar-refractivity contribution in [1.29, 1.82) is 0 Å². The average molecular weight is 229 g/mol. The standard InChI is InChI=1S/C10H17ClN4/c1-3-12-5-6-15(4-2)10-13-7-9(11)8-14-10/h7-8,12H,3-6H2,1-2H3. The fraction of sp³-hybridized carbons (Fsp3) is 0.600. The normalized spacial score (nSPS) is 10.3. The van der Waals surface area contributed by atoms with E-state index in [2.05, 4.69) is 34.0 Å². The number of anilines is 1. The average Bonchev–Trinajstić information content (AvgIpc) is 2.26. The number of likely N-dealkylation sites (N-methyl/N-ethyl adjacent to an activating group) is 2. The number of halogens is 1. The van der Waals surface area contributed by atoms with Crippen LogP contribution < -0.4 is 10.2 Å². The van der Waals surface area contributed by atoms with E-state index in [4.69, 9.17) is 11.6 Å². The maximum Gasteiger partial charge on any atom is 0.225 e. The molecule has 1 N–H and O–H groups in total. The van der Waals surface area contributed by atoms with Crippen LogP contribution in [0.2, 0.25) is 5.02 Å². The first-order valence-corrected chi connectivity index (χ1v) is 5.59. The van der Waals surface area contributed by atoms with Crippen LogP contribution >= 0.6 is 11.6 Å². The van der Waals surface area contributed by atoms with E-state index in [1.165, 1.54) is 0 Å². The lowest BCUT2D eigenvalue weighted by Crippen LogP contribution is -2.33. The van der Waals surface area contributed by atoms with Gasteiger partial charge in [0.15, 0.2) is 0 Å². The van der Waals surface area contributed by atoms with Gasteiger partial charge in [-0.2, -0.15) is 0 Å². The molecule has 1 heterocycles. The van der Waals surface area contributed by atoms with Crippen LogP contribution in [0.5, 0.6) is 0 Å². The molecule has 84 valence electrons. The van der Waals surface area contributed by atoms with Gasteiger partial charge in [-0.05, 0) is 13.5 Å². The minimum absolute atomic E-state index is 0.571. The van der Waals surface area contributed by atoms with Gasteiger partial charge in [0, 0.05) is 19.6 Å². The van der Waals surface area contributed by atoms with E-state index in [1.54, 1.807) is 12.4 Å². The molecule has 0 aliphatic rings. The third-order valence-electron chi connectivity index (χ3n) is 2.08. The Hall–Kier alpha value is -0.870. The van der Waals surface area contributed by atoms with Gasteiger partial charge in [-0.3, -0.25) is 0 Å². The second-order valence-electron chi connectivity index (χ2n) is 3.13. The van der Waals surface area contributed by atoms with Crippen LogP contribution in [0.1, 0.15) is 13.8 Å². The van der Waals surface area contributed by atoms with Gasteiger partial charge in [0.2, 0.25) is 5.95 Å². The van der Waals surface area contributed by atoms with E-state index >= 15 is 0 Å². The predicted octanol–water partition coefficient (Wildman–Crippen LogP) is 1.57. The van der Waals surface area contributed by atoms with Crippen LogP contribution in [0.25, 0.3) is 0 Å². The summed E-state index contributed by atoms with van der Waals surface area (Å²) in [5, 5.41) is 3.84. The van der Waals surface area contributed by atoms with Gasteiger partial charge in [0.1, 0.15) is 0 Å². The zero-order valence-corrected chi connectivity index (χ0v) is 9.96. The number of aromatic nitrogens is 2. The number of nitrogens with one attached hydrogen (secondary N) is 1. The smallest absolute Gasteiger partial charge is 0.225 e. The molecule has 0 saturated carbocycles. The first-order chi connectivity index (χ1) is 7.27. The summed E-state index contributed by atoms with van der Waals surface area (Å²) in [6.45, 7) is 7.91.